The number of halogens is 1. The number of piperazine rings is 1. The maximum Gasteiger partial charge on any atom is 0.234 e. The highest BCUT2D eigenvalue weighted by atomic mass is 35.5. The molecule has 6 nitrogen and oxygen atoms in total. The number of carbonyl (C=O) groups is 1. The lowest BCUT2D eigenvalue weighted by Gasteiger charge is -2.37. The Morgan fingerprint density at radius 1 is 0.970 bits per heavy atom. The van der Waals surface area contributed by atoms with Crippen molar-refractivity contribution in [2.75, 3.05) is 47.0 Å². The molecule has 2 aromatic carbocycles. The van der Waals surface area contributed by atoms with Crippen LogP contribution in [0.15, 0.2) is 53.8 Å². The first-order valence-electron chi connectivity index (χ1n) is 11.0. The van der Waals surface area contributed by atoms with Crippen LogP contribution in [0.1, 0.15) is 16.7 Å². The van der Waals surface area contributed by atoms with Gasteiger partial charge in [0.1, 0.15) is 5.03 Å². The number of nitrogens with one attached hydrogen (secondary N) is 1. The maximum atomic E-state index is 12.5. The second kappa shape index (κ2) is 10.4. The predicted molar refractivity (Wildman–Crippen MR) is 138 cm³/mol. The number of nitrogens with zero attached hydrogens (tertiary/aromatic N) is 4. The average molecular weight is 482 g/mol. The van der Waals surface area contributed by atoms with Crippen LogP contribution in [0.4, 0.5) is 17.2 Å². The summed E-state index contributed by atoms with van der Waals surface area (Å²) in [6.45, 7) is 9.77. The number of aryl methyl sites for hydroxylation is 3. The summed E-state index contributed by atoms with van der Waals surface area (Å²) in [5.74, 6) is 0.991. The fourth-order valence-corrected chi connectivity index (χ4v) is 4.82. The summed E-state index contributed by atoms with van der Waals surface area (Å²) in [5, 5.41) is 4.31. The van der Waals surface area contributed by atoms with Gasteiger partial charge in [-0.05, 0) is 55.7 Å². The zero-order valence-corrected chi connectivity index (χ0v) is 20.7. The van der Waals surface area contributed by atoms with E-state index in [-0.39, 0.29) is 11.7 Å². The van der Waals surface area contributed by atoms with Gasteiger partial charge in [-0.1, -0.05) is 41.6 Å². The fraction of sp³-hybridized carbons (Fsp3) is 0.320. The highest BCUT2D eigenvalue weighted by Crippen LogP contribution is 2.29. The first kappa shape index (κ1) is 23.4. The van der Waals surface area contributed by atoms with E-state index >= 15 is 0 Å². The molecule has 172 valence electrons. The molecule has 0 unspecified atom stereocenters. The minimum Gasteiger partial charge on any atom is -0.368 e. The number of hydrogen-bond acceptors (Lipinski definition) is 6. The molecule has 1 saturated heterocycles. The third-order valence-corrected chi connectivity index (χ3v) is 7.10. The molecule has 1 aliphatic heterocycles. The summed E-state index contributed by atoms with van der Waals surface area (Å²) in [6.07, 6.45) is 3.39. The van der Waals surface area contributed by atoms with Crippen molar-refractivity contribution in [2.45, 2.75) is 25.8 Å². The van der Waals surface area contributed by atoms with Gasteiger partial charge in [0.2, 0.25) is 5.91 Å². The van der Waals surface area contributed by atoms with Crippen LogP contribution in [-0.2, 0) is 4.79 Å². The first-order valence-corrected chi connectivity index (χ1v) is 12.3. The SMILES string of the molecule is Cc1ccc(C)c(N2CCN(c3nccnc3SCC(=O)Nc3ccc(C)c(Cl)c3)CC2)c1. The molecule has 8 heteroatoms. The third-order valence-electron chi connectivity index (χ3n) is 5.73. The Morgan fingerprint density at radius 2 is 1.67 bits per heavy atom. The summed E-state index contributed by atoms with van der Waals surface area (Å²) in [4.78, 5) is 26.3. The smallest absolute Gasteiger partial charge is 0.234 e. The summed E-state index contributed by atoms with van der Waals surface area (Å²) in [6, 6.07) is 12.1. The highest BCUT2D eigenvalue weighted by Gasteiger charge is 2.22. The molecule has 1 N–H and O–H groups in total. The van der Waals surface area contributed by atoms with Gasteiger partial charge in [-0.15, -0.1) is 0 Å². The molecule has 0 bridgehead atoms. The van der Waals surface area contributed by atoms with Crippen molar-refractivity contribution in [3.63, 3.8) is 0 Å². The van der Waals surface area contributed by atoms with E-state index in [1.54, 1.807) is 18.5 Å². The van der Waals surface area contributed by atoms with Crippen molar-refractivity contribution in [2.24, 2.45) is 0 Å². The predicted octanol–water partition coefficient (Wildman–Crippen LogP) is 5.11. The standard InChI is InChI=1S/C25H28ClN5OS/c1-17-4-5-19(3)22(14-17)30-10-12-31(13-11-30)24-25(28-9-8-27-24)33-16-23(32)29-20-7-6-18(2)21(26)15-20/h4-9,14-15H,10-13,16H2,1-3H3,(H,29,32). The molecule has 0 spiro atoms. The van der Waals surface area contributed by atoms with Crippen LogP contribution in [0.25, 0.3) is 0 Å². The molecule has 0 atom stereocenters. The Balaban J connectivity index is 1.37. The van der Waals surface area contributed by atoms with Gasteiger partial charge in [0.05, 0.1) is 5.75 Å². The van der Waals surface area contributed by atoms with Crippen molar-refractivity contribution in [1.82, 2.24) is 9.97 Å². The molecule has 1 aromatic heterocycles. The molecule has 0 radical (unpaired) electrons. The number of aromatic nitrogens is 2. The quantitative estimate of drug-likeness (QED) is 0.493. The average Bonchev–Trinajstić information content (AvgIpc) is 2.82. The molecule has 0 saturated carbocycles. The summed E-state index contributed by atoms with van der Waals surface area (Å²) in [7, 11) is 0. The van der Waals surface area contributed by atoms with Crippen molar-refractivity contribution in [3.8, 4) is 0 Å². The van der Waals surface area contributed by atoms with E-state index in [9.17, 15) is 4.79 Å². The van der Waals surface area contributed by atoms with E-state index in [0.29, 0.717) is 10.7 Å². The van der Waals surface area contributed by atoms with Crippen LogP contribution < -0.4 is 15.1 Å². The Hall–Kier alpha value is -2.77. The first-order chi connectivity index (χ1) is 15.9. The normalized spacial score (nSPS) is 13.8. The Labute approximate surface area is 204 Å². The number of thioether (sulfide) groups is 1. The number of rotatable bonds is 6. The number of amides is 1. The summed E-state index contributed by atoms with van der Waals surface area (Å²) >= 11 is 7.56. The molecule has 2 heterocycles. The van der Waals surface area contributed by atoms with Crippen LogP contribution in [0.5, 0.6) is 0 Å². The largest absolute Gasteiger partial charge is 0.368 e. The molecule has 0 aliphatic carbocycles. The van der Waals surface area contributed by atoms with Gasteiger partial charge in [-0.3, -0.25) is 4.79 Å². The van der Waals surface area contributed by atoms with Crippen LogP contribution in [0, 0.1) is 20.8 Å². The monoisotopic (exact) mass is 481 g/mol. The van der Waals surface area contributed by atoms with E-state index in [4.69, 9.17) is 11.6 Å². The van der Waals surface area contributed by atoms with Crippen LogP contribution >= 0.6 is 23.4 Å². The Morgan fingerprint density at radius 3 is 2.42 bits per heavy atom. The van der Waals surface area contributed by atoms with E-state index in [0.717, 1.165) is 42.6 Å². The van der Waals surface area contributed by atoms with Crippen molar-refractivity contribution in [1.29, 1.82) is 0 Å². The number of carbonyl (C=O) groups excluding carboxylic acids is 1. The zero-order chi connectivity index (χ0) is 23.4. The second-order valence-corrected chi connectivity index (χ2v) is 9.62. The van der Waals surface area contributed by atoms with Gasteiger partial charge < -0.3 is 15.1 Å². The van der Waals surface area contributed by atoms with Crippen molar-refractivity contribution < 1.29 is 4.79 Å². The highest BCUT2D eigenvalue weighted by molar-refractivity contribution is 8.00. The minimum absolute atomic E-state index is 0.101. The van der Waals surface area contributed by atoms with Gasteiger partial charge >= 0.3 is 0 Å². The van der Waals surface area contributed by atoms with Crippen molar-refractivity contribution in [3.05, 3.63) is 70.5 Å². The minimum atomic E-state index is -0.101. The molecular weight excluding hydrogens is 454 g/mol. The second-order valence-electron chi connectivity index (χ2n) is 8.25. The van der Waals surface area contributed by atoms with E-state index in [1.807, 2.05) is 19.1 Å². The summed E-state index contributed by atoms with van der Waals surface area (Å²) < 4.78 is 0. The van der Waals surface area contributed by atoms with E-state index < -0.39 is 0 Å². The molecule has 1 aliphatic rings. The number of anilines is 3. The van der Waals surface area contributed by atoms with Gasteiger partial charge in [-0.25, -0.2) is 9.97 Å². The van der Waals surface area contributed by atoms with Gasteiger partial charge in [-0.2, -0.15) is 0 Å². The van der Waals surface area contributed by atoms with Crippen molar-refractivity contribution >= 4 is 46.5 Å². The lowest BCUT2D eigenvalue weighted by Crippen LogP contribution is -2.47. The molecule has 4 rings (SSSR count). The Bertz CT molecular complexity index is 1150. The van der Waals surface area contributed by atoms with Gasteiger partial charge in [0, 0.05) is 55.0 Å². The lowest BCUT2D eigenvalue weighted by molar-refractivity contribution is -0.113. The fourth-order valence-electron chi connectivity index (χ4n) is 3.86. The third kappa shape index (κ3) is 5.78. The molecule has 1 amide bonds. The zero-order valence-electron chi connectivity index (χ0n) is 19.1. The summed E-state index contributed by atoms with van der Waals surface area (Å²) in [5.41, 5.74) is 5.54. The molecule has 33 heavy (non-hydrogen) atoms. The lowest BCUT2D eigenvalue weighted by atomic mass is 10.1. The van der Waals surface area contributed by atoms with E-state index in [2.05, 4.69) is 57.1 Å². The molecular formula is C25H28ClN5OS. The van der Waals surface area contributed by atoms with Gasteiger partial charge in [0.25, 0.3) is 0 Å². The van der Waals surface area contributed by atoms with E-state index in [1.165, 1.54) is 28.6 Å². The maximum absolute atomic E-state index is 12.5. The number of hydrogen-bond donors (Lipinski definition) is 1. The topological polar surface area (TPSA) is 61.4 Å². The molecule has 3 aromatic rings. The number of benzene rings is 2. The van der Waals surface area contributed by atoms with Gasteiger partial charge in [0.15, 0.2) is 5.82 Å². The van der Waals surface area contributed by atoms with Crippen LogP contribution in [-0.4, -0.2) is 47.8 Å². The van der Waals surface area contributed by atoms with Crippen LogP contribution in [0.2, 0.25) is 5.02 Å². The van der Waals surface area contributed by atoms with Crippen LogP contribution in [0.3, 0.4) is 0 Å². The molecule has 1 fully saturated rings. The Kier molecular flexibility index (Phi) is 7.40.